The lowest BCUT2D eigenvalue weighted by Crippen LogP contribution is -2.36. The lowest BCUT2D eigenvalue weighted by Gasteiger charge is -2.30. The number of hydrogen-bond acceptors (Lipinski definition) is 48. The van der Waals surface area contributed by atoms with Crippen molar-refractivity contribution < 1.29 is 136 Å². The third-order valence-corrected chi connectivity index (χ3v) is 33.0. The Hall–Kier alpha value is -7.94. The summed E-state index contributed by atoms with van der Waals surface area (Å²) in [4.78, 5) is 148. The maximum atomic E-state index is 15.9. The number of aliphatic hydroxyl groups excluding tert-OH is 1. The first-order valence-electron chi connectivity index (χ1n) is 46.6. The van der Waals surface area contributed by atoms with Gasteiger partial charge in [-0.25, -0.2) is 83.1 Å². The van der Waals surface area contributed by atoms with Gasteiger partial charge in [0, 0.05) is 128 Å². The molecule has 0 saturated carbocycles. The van der Waals surface area contributed by atoms with Crippen molar-refractivity contribution in [2.24, 2.45) is 29.6 Å². The Labute approximate surface area is 847 Å². The van der Waals surface area contributed by atoms with Gasteiger partial charge in [-0.3, -0.25) is 64.3 Å². The molecule has 16 N–H and O–H groups in total. The summed E-state index contributed by atoms with van der Waals surface area (Å²) in [6.07, 6.45) is -8.35. The van der Waals surface area contributed by atoms with Crippen LogP contribution in [0.25, 0.3) is 44.7 Å². The predicted molar refractivity (Wildman–Crippen MR) is 523 cm³/mol. The fourth-order valence-electron chi connectivity index (χ4n) is 19.4. The number of aromatic amines is 1. The maximum Gasteiger partial charge on any atom is 0.472 e. The van der Waals surface area contributed by atoms with Crippen LogP contribution in [0, 0.1) is 43.4 Å². The number of nitrogens with zero attached hydrogens (tertiary/aromatic N) is 19. The number of fused-ring (bicyclic) bond motifs is 4. The van der Waals surface area contributed by atoms with Gasteiger partial charge in [-0.15, -0.1) is 0 Å². The molecule has 65 heteroatoms. The maximum absolute atomic E-state index is 15.9. The minimum absolute atomic E-state index is 0.00409. The zero-order valence-electron chi connectivity index (χ0n) is 80.3. The predicted octanol–water partition coefficient (Wildman–Crippen LogP) is 5.12. The molecular formula is C81H118N25O32P5S3. The summed E-state index contributed by atoms with van der Waals surface area (Å²) in [5.41, 5.74) is 31.2. The Morgan fingerprint density at radius 2 is 0.753 bits per heavy atom. The van der Waals surface area contributed by atoms with Crippen LogP contribution in [-0.2, 0) is 135 Å². The smallest absolute Gasteiger partial charge is 0.390 e. The quantitative estimate of drug-likeness (QED) is 0.0134. The number of hydrogen-bond donors (Lipinski definition) is 12. The summed E-state index contributed by atoms with van der Waals surface area (Å²) in [5.74, 6) is -4.83. The van der Waals surface area contributed by atoms with E-state index >= 15 is 13.7 Å². The molecule has 16 heterocycles. The molecule has 11 unspecified atom stereocenters. The molecule has 10 aromatic heterocycles. The Bertz CT molecular complexity index is 6640. The number of imidazole rings is 4. The van der Waals surface area contributed by atoms with Gasteiger partial charge >= 0.3 is 47.3 Å². The summed E-state index contributed by atoms with van der Waals surface area (Å²) < 4.78 is 185. The molecule has 0 bridgehead atoms. The van der Waals surface area contributed by atoms with Crippen LogP contribution < -0.4 is 45.6 Å². The molecule has 0 aliphatic carbocycles. The van der Waals surface area contributed by atoms with Crippen LogP contribution in [0.3, 0.4) is 0 Å². The van der Waals surface area contributed by atoms with Crippen molar-refractivity contribution in [3.63, 3.8) is 0 Å². The molecule has 6 saturated heterocycles. The number of methoxy groups -OCH3 is 5. The highest BCUT2D eigenvalue weighted by Gasteiger charge is 2.58. The number of aliphatic hydroxyl groups is 1. The molecule has 0 radical (unpaired) electrons. The fourth-order valence-corrected chi connectivity index (χ4v) is 25.8. The van der Waals surface area contributed by atoms with E-state index in [-0.39, 0.29) is 152 Å². The molecule has 6 fully saturated rings. The van der Waals surface area contributed by atoms with Gasteiger partial charge in [0.2, 0.25) is 0 Å². The molecule has 146 heavy (non-hydrogen) atoms. The van der Waals surface area contributed by atoms with Crippen LogP contribution in [0.15, 0.2) is 77.4 Å². The molecule has 6 aliphatic rings. The molecular weight excluding hydrogens is 2090 g/mol. The lowest BCUT2D eigenvalue weighted by molar-refractivity contribution is -0.0616. The average molecular weight is 2210 g/mol. The zero-order chi connectivity index (χ0) is 104. The van der Waals surface area contributed by atoms with Crippen LogP contribution in [0.5, 0.6) is 0 Å². The standard InChI is InChI=1S/C81H118N25O32P5S3/c1-9-48-49(25-55(128-48)101-27-42(3)74(108)100-81(101)110)134-141(115,144)126-31-53-62(45(17-12-22-120-6)77(132-53)104-38-96-57-67(84)88-34-92-71(57)104)136-139(111,112)123-29-51-61(44(16-11-21-119-5)76(130-51)102-26-41(2)65(82)99-80(102)109)135-140(113,114)124-30-52-63(46(18-13-23-121-7)78(131-52)105-39-97-58-68(85)89-35-93-72(58)105)137-143(117,146)127-32-54-64(47(19-14-24-122-8)79(133-54)106-40-98-59-69(86)90-36-94-73(59)106)138-142(116,145)125-28-50-60(107)43(15-10-20-118-4)75(129-50)103-37-95-56-66(83)87-33-91-70(56)103/h26-27,33-40,43-55,60-64,75-79,107H,9-25,28-32H2,1-8H3,(H,111,112)(H,113,114)(H,115,144)(H,116,145)(H,117,146)(H2,82,99,109)(H2,83,87,91)(H2,84,88,92)(H2,85,89,93)(H2,86,90,94)(H,100,108,110)/t43-,44-,45-,46-,47-,48+,49?,50+,51+,52+,53+,54+,55+,60?,61?,62?,63?,64?,75+,76+,77+,78+,79+,141?,142?,143?/m0/s1. The summed E-state index contributed by atoms with van der Waals surface area (Å²) in [7, 11) is -3.98. The number of nitrogens with two attached hydrogens (primary N) is 5. The summed E-state index contributed by atoms with van der Waals surface area (Å²) >= 11 is 16.2. The minimum Gasteiger partial charge on any atom is -0.390 e. The van der Waals surface area contributed by atoms with Gasteiger partial charge < -0.3 is 124 Å². The molecule has 0 spiro atoms. The van der Waals surface area contributed by atoms with E-state index in [1.165, 1.54) is 112 Å². The molecule has 28 atom stereocenters. The van der Waals surface area contributed by atoms with E-state index in [1.54, 1.807) is 30.1 Å². The van der Waals surface area contributed by atoms with Gasteiger partial charge in [0.1, 0.15) is 145 Å². The minimum atomic E-state index is -5.74. The SMILES string of the molecule is CC[C@H]1O[C@@H](n2cc(C)c(=O)[nH]c2=O)CC1OP(O)(=S)OC[C@H]1O[C@@H](n2cnc3c(N)ncnc32)[C@@H](CCCOC)C1OP(=O)(O)OC[C@H]1O[C@@H](n2cc(C)c(N)nc2=O)[C@@H](CCCOC)C1OP(=O)(O)OC[C@H]1O[C@@H](n2cnc3c(N)ncnc32)[C@@H](CCCOC)C1OP(=O)(S)OC[C@H]1O[C@@H](n2cnc3c(N)ncnc32)[C@@H](CCCOC)C1OP(O)(=S)OC[C@H]1O[C@@H](n2cnc3c(N)ncnc32)[C@@H](CCCOC)C1O. The van der Waals surface area contributed by atoms with Gasteiger partial charge in [-0.2, -0.15) is 4.98 Å². The second-order valence-electron chi connectivity index (χ2n) is 35.6. The van der Waals surface area contributed by atoms with Gasteiger partial charge in [-0.1, -0.05) is 19.2 Å². The monoisotopic (exact) mass is 2200 g/mol. The van der Waals surface area contributed by atoms with Crippen molar-refractivity contribution in [3.8, 4) is 0 Å². The fraction of sp³-hybridized carbons (Fsp3) is 0.654. The number of thiol groups is 1. The number of rotatable bonds is 52. The molecule has 6 aliphatic heterocycles. The number of H-pyrrole nitrogens is 1. The average Bonchev–Trinajstić information content (AvgIpc) is 1.61. The molecule has 802 valence electrons. The topological polar surface area (TPSA) is 740 Å². The Morgan fingerprint density at radius 1 is 0.418 bits per heavy atom. The number of phosphoric acid groups is 2. The van der Waals surface area contributed by atoms with Gasteiger partial charge in [0.05, 0.1) is 76.7 Å². The highest BCUT2D eigenvalue weighted by atomic mass is 32.7. The van der Waals surface area contributed by atoms with E-state index in [0.29, 0.717) is 43.5 Å². The van der Waals surface area contributed by atoms with Crippen LogP contribution >= 0.6 is 48.1 Å². The number of aryl methyl sites for hydroxylation is 2. The van der Waals surface area contributed by atoms with Crippen LogP contribution in [0.1, 0.15) is 132 Å². The summed E-state index contributed by atoms with van der Waals surface area (Å²) in [5, 5.41) is 12.1. The third kappa shape index (κ3) is 25.2. The first kappa shape index (κ1) is 111. The second kappa shape index (κ2) is 47.9. The Kier molecular flexibility index (Phi) is 36.3. The number of nitrogens with one attached hydrogen (secondary N) is 1. The number of aromatic nitrogens is 20. The number of nitrogen functional groups attached to an aromatic ring is 5. The van der Waals surface area contributed by atoms with E-state index in [9.17, 15) is 39.1 Å². The van der Waals surface area contributed by atoms with Crippen molar-refractivity contribution in [1.29, 1.82) is 0 Å². The zero-order valence-corrected chi connectivity index (χ0v) is 87.3. The molecule has 57 nitrogen and oxygen atoms in total. The van der Waals surface area contributed by atoms with E-state index in [4.69, 9.17) is 150 Å². The summed E-state index contributed by atoms with van der Waals surface area (Å²) in [6.45, 7) is -12.3. The number of ether oxygens (including phenoxy) is 11. The normalized spacial score (nSPS) is 29.2. The largest absolute Gasteiger partial charge is 0.472 e. The van der Waals surface area contributed by atoms with E-state index < -0.39 is 226 Å². The first-order chi connectivity index (χ1) is 69.8. The van der Waals surface area contributed by atoms with Crippen LogP contribution in [-0.4, -0.2) is 297 Å². The second-order valence-corrected chi connectivity index (χ2v) is 46.9. The van der Waals surface area contributed by atoms with Crippen molar-refractivity contribution in [3.05, 3.63) is 105 Å². The van der Waals surface area contributed by atoms with Crippen molar-refractivity contribution in [2.75, 3.05) is 130 Å². The summed E-state index contributed by atoms with van der Waals surface area (Å²) in [6, 6.07) is 0. The lowest BCUT2D eigenvalue weighted by atomic mass is 9.94. The molecule has 0 aromatic carbocycles. The van der Waals surface area contributed by atoms with Crippen molar-refractivity contribution in [1.82, 2.24) is 97.2 Å². The molecule has 0 amide bonds. The highest BCUT2D eigenvalue weighted by Crippen LogP contribution is 2.62. The van der Waals surface area contributed by atoms with E-state index in [2.05, 4.69) is 82.0 Å². The van der Waals surface area contributed by atoms with Gasteiger partial charge in [0.25, 0.3) is 5.56 Å². The van der Waals surface area contributed by atoms with Crippen LogP contribution in [0.2, 0.25) is 0 Å². The number of anilines is 5. The molecule has 10 aromatic rings. The first-order valence-corrected chi connectivity index (χ1v) is 57.4. The Balaban J connectivity index is 0.687. The van der Waals surface area contributed by atoms with Crippen molar-refractivity contribution in [2.45, 2.75) is 208 Å². The van der Waals surface area contributed by atoms with Gasteiger partial charge in [0.15, 0.2) is 45.9 Å². The third-order valence-electron chi connectivity index (χ3n) is 26.2. The van der Waals surface area contributed by atoms with Crippen molar-refractivity contribution >= 4 is 145 Å². The van der Waals surface area contributed by atoms with E-state index in [0.717, 1.165) is 4.57 Å². The highest BCUT2D eigenvalue weighted by molar-refractivity contribution is 8.44. The number of phosphoric ester groups is 2. The molecule has 16 rings (SSSR count). The van der Waals surface area contributed by atoms with E-state index in [1.807, 2.05) is 0 Å². The Morgan fingerprint density at radius 3 is 1.15 bits per heavy atom. The van der Waals surface area contributed by atoms with Gasteiger partial charge in [-0.05, 0) is 108 Å². The van der Waals surface area contributed by atoms with Crippen LogP contribution in [0.4, 0.5) is 29.1 Å².